The molecule has 1 aliphatic heterocycles. The van der Waals surface area contributed by atoms with Crippen LogP contribution in [0.5, 0.6) is 11.5 Å². The summed E-state index contributed by atoms with van der Waals surface area (Å²) in [7, 11) is 0. The van der Waals surface area contributed by atoms with E-state index >= 15 is 0 Å². The first-order valence-electron chi connectivity index (χ1n) is 15.1. The molecule has 0 radical (unpaired) electrons. The maximum absolute atomic E-state index is 7.51. The fourth-order valence-electron chi connectivity index (χ4n) is 6.41. The van der Waals surface area contributed by atoms with E-state index in [9.17, 15) is 0 Å². The van der Waals surface area contributed by atoms with Gasteiger partial charge < -0.3 is 4.74 Å². The molecule has 1 aromatic heterocycles. The van der Waals surface area contributed by atoms with Gasteiger partial charge in [0.05, 0.1) is 12.0 Å². The van der Waals surface area contributed by atoms with Crippen molar-refractivity contribution in [3.05, 3.63) is 191 Å². The second-order valence-electron chi connectivity index (χ2n) is 11.1. The predicted molar refractivity (Wildman–Crippen MR) is 181 cm³/mol. The van der Waals surface area contributed by atoms with Crippen molar-refractivity contribution in [2.45, 2.75) is 5.41 Å². The lowest BCUT2D eigenvalue weighted by Gasteiger charge is -2.41. The minimum absolute atomic E-state index is 0.501. The Morgan fingerprint density at radius 3 is 1.63 bits per heavy atom. The Labute approximate surface area is 267 Å². The molecular formula is C41H26N4O. The summed E-state index contributed by atoms with van der Waals surface area (Å²) in [5, 5.41) is 0. The van der Waals surface area contributed by atoms with Gasteiger partial charge in [-0.15, -0.1) is 0 Å². The molecule has 46 heavy (non-hydrogen) atoms. The molecule has 0 bridgehead atoms. The van der Waals surface area contributed by atoms with Crippen molar-refractivity contribution in [1.29, 1.82) is 0 Å². The molecule has 5 nitrogen and oxygen atoms in total. The van der Waals surface area contributed by atoms with Crippen LogP contribution in [0.1, 0.15) is 22.3 Å². The SMILES string of the molecule is [C-]#[N+]c1cccc(-c2nc(-c3ccccc3)nc(-c3ccc4c(c3)Oc3ccccc3C4(c3ccccc3)c3ccccc3)n2)c1. The van der Waals surface area contributed by atoms with Crippen LogP contribution in [0.25, 0.3) is 39.0 Å². The third-order valence-electron chi connectivity index (χ3n) is 8.47. The number of nitrogens with zero attached hydrogens (tertiary/aromatic N) is 4. The van der Waals surface area contributed by atoms with Crippen LogP contribution in [0.2, 0.25) is 0 Å². The molecule has 0 aliphatic carbocycles. The van der Waals surface area contributed by atoms with Gasteiger partial charge in [0.2, 0.25) is 0 Å². The van der Waals surface area contributed by atoms with Crippen LogP contribution in [0.3, 0.4) is 0 Å². The van der Waals surface area contributed by atoms with Gasteiger partial charge in [-0.2, -0.15) is 0 Å². The number of hydrogen-bond donors (Lipinski definition) is 0. The van der Waals surface area contributed by atoms with Gasteiger partial charge in [0, 0.05) is 27.8 Å². The first-order valence-corrected chi connectivity index (χ1v) is 15.1. The van der Waals surface area contributed by atoms with E-state index in [1.807, 2.05) is 78.9 Å². The van der Waals surface area contributed by atoms with Gasteiger partial charge in [0.25, 0.3) is 0 Å². The van der Waals surface area contributed by atoms with Gasteiger partial charge in [0.1, 0.15) is 11.5 Å². The lowest BCUT2D eigenvalue weighted by Crippen LogP contribution is -2.34. The highest BCUT2D eigenvalue weighted by atomic mass is 16.5. The van der Waals surface area contributed by atoms with E-state index < -0.39 is 5.41 Å². The summed E-state index contributed by atoms with van der Waals surface area (Å²) in [4.78, 5) is 18.3. The van der Waals surface area contributed by atoms with Crippen molar-refractivity contribution in [2.24, 2.45) is 0 Å². The molecule has 0 atom stereocenters. The fraction of sp³-hybridized carbons (Fsp3) is 0.0244. The number of aromatic nitrogens is 3. The highest BCUT2D eigenvalue weighted by Gasteiger charge is 2.45. The number of para-hydroxylation sites is 1. The minimum atomic E-state index is -0.606. The molecule has 0 amide bonds. The Kier molecular flexibility index (Phi) is 6.67. The lowest BCUT2D eigenvalue weighted by molar-refractivity contribution is 0.434. The third-order valence-corrected chi connectivity index (χ3v) is 8.47. The van der Waals surface area contributed by atoms with Gasteiger partial charge >= 0.3 is 0 Å². The quantitative estimate of drug-likeness (QED) is 0.187. The summed E-state index contributed by atoms with van der Waals surface area (Å²) in [5.74, 6) is 3.12. The van der Waals surface area contributed by atoms with Gasteiger partial charge in [-0.1, -0.05) is 140 Å². The summed E-state index contributed by atoms with van der Waals surface area (Å²) >= 11 is 0. The Bertz CT molecular complexity index is 2200. The van der Waals surface area contributed by atoms with Gasteiger partial charge in [-0.3, -0.25) is 0 Å². The topological polar surface area (TPSA) is 52.3 Å². The Morgan fingerprint density at radius 1 is 0.457 bits per heavy atom. The molecule has 0 unspecified atom stereocenters. The Morgan fingerprint density at radius 2 is 0.978 bits per heavy atom. The summed E-state index contributed by atoms with van der Waals surface area (Å²) in [6.45, 7) is 7.51. The van der Waals surface area contributed by atoms with Crippen LogP contribution in [0.4, 0.5) is 5.69 Å². The van der Waals surface area contributed by atoms with Crippen molar-refractivity contribution in [3.63, 3.8) is 0 Å². The van der Waals surface area contributed by atoms with E-state index in [-0.39, 0.29) is 0 Å². The van der Waals surface area contributed by atoms with Crippen molar-refractivity contribution in [1.82, 2.24) is 15.0 Å². The van der Waals surface area contributed by atoms with E-state index in [0.717, 1.165) is 50.4 Å². The molecule has 8 rings (SSSR count). The molecule has 216 valence electrons. The fourth-order valence-corrected chi connectivity index (χ4v) is 6.41. The highest BCUT2D eigenvalue weighted by Crippen LogP contribution is 2.55. The molecule has 6 aromatic carbocycles. The van der Waals surface area contributed by atoms with Gasteiger partial charge in [0.15, 0.2) is 23.2 Å². The average molecular weight is 591 g/mol. The molecule has 0 saturated heterocycles. The standard InChI is InChI=1S/C41H26N4O/c1-42-33-21-13-16-29(26-33)39-43-38(28-14-5-2-6-15-28)44-40(45-39)30-24-25-35-37(27-30)46-36-23-12-11-22-34(36)41(35,31-17-7-3-8-18-31)32-19-9-4-10-20-32/h2-27H. The van der Waals surface area contributed by atoms with E-state index in [0.29, 0.717) is 23.2 Å². The lowest BCUT2D eigenvalue weighted by atomic mass is 9.63. The van der Waals surface area contributed by atoms with Crippen LogP contribution < -0.4 is 4.74 Å². The van der Waals surface area contributed by atoms with Crippen LogP contribution >= 0.6 is 0 Å². The van der Waals surface area contributed by atoms with E-state index in [4.69, 9.17) is 26.3 Å². The summed E-state index contributed by atoms with van der Waals surface area (Å²) in [6.07, 6.45) is 0. The average Bonchev–Trinajstić information content (AvgIpc) is 3.14. The highest BCUT2D eigenvalue weighted by molar-refractivity contribution is 5.74. The molecule has 7 aromatic rings. The number of ether oxygens (including phenoxy) is 1. The number of hydrogen-bond acceptors (Lipinski definition) is 4. The van der Waals surface area contributed by atoms with E-state index in [2.05, 4.69) is 77.6 Å². The van der Waals surface area contributed by atoms with Crippen LogP contribution in [0.15, 0.2) is 158 Å². The molecule has 5 heteroatoms. The molecule has 2 heterocycles. The van der Waals surface area contributed by atoms with Crippen molar-refractivity contribution < 1.29 is 4.74 Å². The third kappa shape index (κ3) is 4.52. The summed E-state index contributed by atoms with van der Waals surface area (Å²) in [5.41, 5.74) is 6.78. The zero-order valence-corrected chi connectivity index (χ0v) is 24.7. The first kappa shape index (κ1) is 27.2. The second-order valence-corrected chi connectivity index (χ2v) is 11.1. The smallest absolute Gasteiger partial charge is 0.187 e. The molecule has 1 aliphatic rings. The molecular weight excluding hydrogens is 564 g/mol. The molecule has 0 spiro atoms. The predicted octanol–water partition coefficient (Wildman–Crippen LogP) is 9.91. The van der Waals surface area contributed by atoms with Crippen molar-refractivity contribution in [3.8, 4) is 45.7 Å². The number of benzene rings is 6. The zero-order chi connectivity index (χ0) is 30.9. The molecule has 0 fully saturated rings. The van der Waals surface area contributed by atoms with Gasteiger partial charge in [-0.25, -0.2) is 19.8 Å². The second kappa shape index (κ2) is 11.3. The zero-order valence-electron chi connectivity index (χ0n) is 24.7. The number of rotatable bonds is 5. The van der Waals surface area contributed by atoms with Crippen LogP contribution in [0, 0.1) is 6.57 Å². The number of fused-ring (bicyclic) bond motifs is 2. The van der Waals surface area contributed by atoms with Gasteiger partial charge in [-0.05, 0) is 29.3 Å². The minimum Gasteiger partial charge on any atom is -0.457 e. The van der Waals surface area contributed by atoms with Crippen molar-refractivity contribution in [2.75, 3.05) is 0 Å². The van der Waals surface area contributed by atoms with Crippen molar-refractivity contribution >= 4 is 5.69 Å². The normalized spacial score (nSPS) is 12.7. The van der Waals surface area contributed by atoms with E-state index in [1.54, 1.807) is 6.07 Å². The maximum atomic E-state index is 7.51. The first-order chi connectivity index (χ1) is 22.7. The molecule has 0 saturated carbocycles. The summed E-state index contributed by atoms with van der Waals surface area (Å²) < 4.78 is 6.69. The monoisotopic (exact) mass is 590 g/mol. The van der Waals surface area contributed by atoms with E-state index in [1.165, 1.54) is 0 Å². The Balaban J connectivity index is 1.36. The largest absolute Gasteiger partial charge is 0.457 e. The Hall–Kier alpha value is -6.38. The van der Waals surface area contributed by atoms with Crippen LogP contribution in [-0.4, -0.2) is 15.0 Å². The van der Waals surface area contributed by atoms with Crippen LogP contribution in [-0.2, 0) is 5.41 Å². The maximum Gasteiger partial charge on any atom is 0.187 e. The summed E-state index contributed by atoms with van der Waals surface area (Å²) in [6, 6.07) is 53.0. The molecule has 0 N–H and O–H groups in total.